The zero-order valence-corrected chi connectivity index (χ0v) is 21.4. The van der Waals surface area contributed by atoms with Gasteiger partial charge in [0, 0.05) is 6.42 Å². The number of aliphatic carboxylic acids is 1. The van der Waals surface area contributed by atoms with Gasteiger partial charge in [-0.15, -0.1) is 0 Å². The molecule has 9 heteroatoms. The number of hydrogen-bond donors (Lipinski definition) is 6. The maximum atomic E-state index is 12.4. The molecule has 206 valence electrons. The summed E-state index contributed by atoms with van der Waals surface area (Å²) in [5.74, 6) is -3.46. The van der Waals surface area contributed by atoms with Crippen molar-refractivity contribution in [3.8, 4) is 0 Å². The number of aliphatic hydroxyl groups is 5. The molecule has 6 N–H and O–H groups in total. The normalized spacial score (nSPS) is 27.3. The molecule has 3 unspecified atom stereocenters. The van der Waals surface area contributed by atoms with E-state index in [4.69, 9.17) is 4.74 Å². The molecule has 1 rings (SSSR count). The molecule has 0 bridgehead atoms. The van der Waals surface area contributed by atoms with Gasteiger partial charge in [-0.1, -0.05) is 71.1 Å². The molecular weight excluding hydrogens is 456 g/mol. The zero-order valence-electron chi connectivity index (χ0n) is 21.4. The van der Waals surface area contributed by atoms with Crippen molar-refractivity contribution in [1.29, 1.82) is 0 Å². The smallest absolute Gasteiger partial charge is 0.316 e. The highest BCUT2D eigenvalue weighted by molar-refractivity contribution is 5.99. The van der Waals surface area contributed by atoms with Gasteiger partial charge in [0.15, 0.2) is 5.78 Å². The topological polar surface area (TPSA) is 165 Å². The number of aliphatic hydroxyl groups excluding tert-OH is 5. The fraction of sp³-hybridized carbons (Fsp3) is 0.923. The molecule has 35 heavy (non-hydrogen) atoms. The minimum atomic E-state index is -1.49. The number of unbranched alkanes of at least 4 members (excludes halogenated alkanes) is 8. The van der Waals surface area contributed by atoms with E-state index in [1.165, 1.54) is 0 Å². The molecule has 0 spiro atoms. The maximum Gasteiger partial charge on any atom is 0.316 e. The highest BCUT2D eigenvalue weighted by atomic mass is 16.5. The van der Waals surface area contributed by atoms with E-state index in [1.54, 1.807) is 6.92 Å². The highest BCUT2D eigenvalue weighted by Gasteiger charge is 2.41. The number of hydrogen-bond acceptors (Lipinski definition) is 8. The van der Waals surface area contributed by atoms with Crippen molar-refractivity contribution in [3.05, 3.63) is 0 Å². The van der Waals surface area contributed by atoms with Crippen LogP contribution < -0.4 is 0 Å². The van der Waals surface area contributed by atoms with Crippen LogP contribution in [0.4, 0.5) is 0 Å². The van der Waals surface area contributed by atoms with E-state index in [2.05, 4.69) is 6.92 Å². The van der Waals surface area contributed by atoms with Crippen LogP contribution in [-0.2, 0) is 14.3 Å². The van der Waals surface area contributed by atoms with Crippen LogP contribution >= 0.6 is 0 Å². The van der Waals surface area contributed by atoms with Gasteiger partial charge in [-0.25, -0.2) is 0 Å². The average Bonchev–Trinajstić information content (AvgIpc) is 2.79. The van der Waals surface area contributed by atoms with Crippen molar-refractivity contribution >= 4 is 11.8 Å². The van der Waals surface area contributed by atoms with Crippen molar-refractivity contribution in [1.82, 2.24) is 0 Å². The third-order valence-electron chi connectivity index (χ3n) is 7.02. The summed E-state index contributed by atoms with van der Waals surface area (Å²) in [6.07, 6.45) is 3.20. The zero-order chi connectivity index (χ0) is 26.4. The van der Waals surface area contributed by atoms with Crippen LogP contribution in [0.3, 0.4) is 0 Å². The SMILES string of the molecule is CCCCCCCC(O)C(C(=O)O)C(=O)CC(O)CCCCCCC[C@H]1O[C@H](C)[C@@H](O)[C@H](O)[C@@H]1O. The predicted octanol–water partition coefficient (Wildman–Crippen LogP) is 2.33. The molecule has 1 aliphatic heterocycles. The van der Waals surface area contributed by atoms with Crippen molar-refractivity contribution in [2.45, 2.75) is 146 Å². The van der Waals surface area contributed by atoms with Gasteiger partial charge in [0.1, 0.15) is 24.2 Å². The molecule has 0 aromatic rings. The Kier molecular flexibility index (Phi) is 15.8. The fourth-order valence-electron chi connectivity index (χ4n) is 4.73. The minimum Gasteiger partial charge on any atom is -0.481 e. The number of rotatable bonds is 19. The first kappa shape index (κ1) is 31.9. The standard InChI is InChI=1S/C26H48O9/c1-3-4-5-7-11-14-19(28)22(26(33)34)20(29)16-18(27)13-10-8-6-9-12-15-21-24(31)25(32)23(30)17(2)35-21/h17-19,21-25,27-28,30-32H,3-16H2,1-2H3,(H,33,34)/t17-,18?,19?,21-,22?,23-,24-,25+/m1/s1. The van der Waals surface area contributed by atoms with Crippen molar-refractivity contribution in [2.24, 2.45) is 5.92 Å². The second kappa shape index (κ2) is 17.4. The molecule has 0 saturated carbocycles. The predicted molar refractivity (Wildman–Crippen MR) is 131 cm³/mol. The van der Waals surface area contributed by atoms with E-state index in [-0.39, 0.29) is 12.8 Å². The summed E-state index contributed by atoms with van der Waals surface area (Å²) in [5, 5.41) is 59.5. The van der Waals surface area contributed by atoms with Gasteiger partial charge in [0.25, 0.3) is 0 Å². The van der Waals surface area contributed by atoms with Crippen LogP contribution in [-0.4, -0.2) is 85.1 Å². The Hall–Kier alpha value is -1.10. The number of ketones is 1. The van der Waals surface area contributed by atoms with Gasteiger partial charge >= 0.3 is 5.97 Å². The number of ether oxygens (including phenoxy) is 1. The molecule has 1 fully saturated rings. The van der Waals surface area contributed by atoms with Crippen LogP contribution in [0.15, 0.2) is 0 Å². The Morgan fingerprint density at radius 3 is 2.00 bits per heavy atom. The van der Waals surface area contributed by atoms with E-state index >= 15 is 0 Å². The Bertz CT molecular complexity index is 599. The van der Waals surface area contributed by atoms with Gasteiger partial charge in [0.2, 0.25) is 0 Å². The minimum absolute atomic E-state index is 0.268. The van der Waals surface area contributed by atoms with Gasteiger partial charge in [0.05, 0.1) is 24.4 Å². The molecule has 9 nitrogen and oxygen atoms in total. The van der Waals surface area contributed by atoms with Crippen LogP contribution in [0, 0.1) is 5.92 Å². The lowest BCUT2D eigenvalue weighted by Crippen LogP contribution is -2.56. The molecule has 8 atom stereocenters. The molecule has 0 radical (unpaired) electrons. The Morgan fingerprint density at radius 1 is 0.800 bits per heavy atom. The van der Waals surface area contributed by atoms with Crippen LogP contribution in [0.1, 0.15) is 104 Å². The van der Waals surface area contributed by atoms with Gasteiger partial charge in [-0.2, -0.15) is 0 Å². The van der Waals surface area contributed by atoms with Gasteiger partial charge in [-0.05, 0) is 26.2 Å². The lowest BCUT2D eigenvalue weighted by molar-refractivity contribution is -0.218. The summed E-state index contributed by atoms with van der Waals surface area (Å²) >= 11 is 0. The van der Waals surface area contributed by atoms with Gasteiger partial charge < -0.3 is 35.4 Å². The fourth-order valence-corrected chi connectivity index (χ4v) is 4.73. The van der Waals surface area contributed by atoms with Crippen LogP contribution in [0.2, 0.25) is 0 Å². The Morgan fingerprint density at radius 2 is 1.37 bits per heavy atom. The second-order valence-corrected chi connectivity index (χ2v) is 10.1. The van der Waals surface area contributed by atoms with Crippen LogP contribution in [0.25, 0.3) is 0 Å². The summed E-state index contributed by atoms with van der Waals surface area (Å²) in [5.41, 5.74) is 0. The molecule has 0 aromatic heterocycles. The molecule has 1 saturated heterocycles. The van der Waals surface area contributed by atoms with E-state index in [1.807, 2.05) is 0 Å². The third-order valence-corrected chi connectivity index (χ3v) is 7.02. The lowest BCUT2D eigenvalue weighted by Gasteiger charge is -2.39. The van der Waals surface area contributed by atoms with Gasteiger partial charge in [-0.3, -0.25) is 9.59 Å². The average molecular weight is 505 g/mol. The molecule has 0 aliphatic carbocycles. The molecule has 0 amide bonds. The first-order chi connectivity index (χ1) is 16.6. The van der Waals surface area contributed by atoms with Crippen LogP contribution in [0.5, 0.6) is 0 Å². The molecule has 1 heterocycles. The molecule has 0 aromatic carbocycles. The van der Waals surface area contributed by atoms with E-state index < -0.39 is 60.4 Å². The lowest BCUT2D eigenvalue weighted by atomic mass is 9.89. The monoisotopic (exact) mass is 504 g/mol. The van der Waals surface area contributed by atoms with E-state index in [9.17, 15) is 40.2 Å². The van der Waals surface area contributed by atoms with E-state index in [0.717, 1.165) is 51.4 Å². The largest absolute Gasteiger partial charge is 0.481 e. The maximum absolute atomic E-state index is 12.4. The second-order valence-electron chi connectivity index (χ2n) is 10.1. The van der Waals surface area contributed by atoms with E-state index in [0.29, 0.717) is 25.7 Å². The highest BCUT2D eigenvalue weighted by Crippen LogP contribution is 2.25. The Balaban J connectivity index is 2.22. The number of carboxylic acids is 1. The first-order valence-corrected chi connectivity index (χ1v) is 13.4. The summed E-state index contributed by atoms with van der Waals surface area (Å²) in [6.45, 7) is 3.76. The molecule has 1 aliphatic rings. The summed E-state index contributed by atoms with van der Waals surface area (Å²) < 4.78 is 5.58. The first-order valence-electron chi connectivity index (χ1n) is 13.4. The number of carbonyl (C=O) groups is 2. The number of carbonyl (C=O) groups excluding carboxylic acids is 1. The number of carboxylic acid groups (broad SMARTS) is 1. The van der Waals surface area contributed by atoms with Crippen molar-refractivity contribution < 1.29 is 45.0 Å². The summed E-state index contributed by atoms with van der Waals surface area (Å²) in [7, 11) is 0. The quantitative estimate of drug-likeness (QED) is 0.114. The van der Waals surface area contributed by atoms with Crippen molar-refractivity contribution in [2.75, 3.05) is 0 Å². The van der Waals surface area contributed by atoms with Crippen molar-refractivity contribution in [3.63, 3.8) is 0 Å². The third kappa shape index (κ3) is 11.7. The molecular formula is C26H48O9. The summed E-state index contributed by atoms with van der Waals surface area (Å²) in [6, 6.07) is 0. The number of Topliss-reactive ketones (excluding diaryl/α,β-unsaturated/α-hetero) is 1. The summed E-state index contributed by atoms with van der Waals surface area (Å²) in [4.78, 5) is 24.0. The Labute approximate surface area is 209 Å².